The summed E-state index contributed by atoms with van der Waals surface area (Å²) in [6, 6.07) is 6.67. The molecule has 1 saturated carbocycles. The lowest BCUT2D eigenvalue weighted by Crippen LogP contribution is -2.49. The molecule has 1 aromatic carbocycles. The molecule has 0 bridgehead atoms. The zero-order valence-electron chi connectivity index (χ0n) is 16.6. The quantitative estimate of drug-likeness (QED) is 0.627. The number of hydrogen-bond acceptors (Lipinski definition) is 6. The molecule has 10 heteroatoms. The third-order valence-electron chi connectivity index (χ3n) is 5.36. The number of rotatable bonds is 6. The van der Waals surface area contributed by atoms with Gasteiger partial charge in [0.2, 0.25) is 5.95 Å². The van der Waals surface area contributed by atoms with Crippen molar-refractivity contribution in [3.63, 3.8) is 0 Å². The summed E-state index contributed by atoms with van der Waals surface area (Å²) in [7, 11) is 1.48. The molecule has 1 aliphatic rings. The molecule has 1 fully saturated rings. The minimum atomic E-state index is -1.03. The van der Waals surface area contributed by atoms with E-state index in [4.69, 9.17) is 0 Å². The molecule has 0 unspecified atom stereocenters. The van der Waals surface area contributed by atoms with Crippen LogP contribution in [0.15, 0.2) is 42.7 Å². The number of alkyl halides is 1. The summed E-state index contributed by atoms with van der Waals surface area (Å²) in [5, 5.41) is 13.3. The Kier molecular flexibility index (Phi) is 5.53. The number of amides is 1. The van der Waals surface area contributed by atoms with Crippen LogP contribution in [-0.4, -0.2) is 45.8 Å². The zero-order chi connectivity index (χ0) is 22.0. The molecule has 31 heavy (non-hydrogen) atoms. The van der Waals surface area contributed by atoms with Crippen molar-refractivity contribution in [1.29, 1.82) is 0 Å². The molecule has 160 valence electrons. The van der Waals surface area contributed by atoms with E-state index in [1.54, 1.807) is 0 Å². The molecule has 0 atom stereocenters. The number of nitrogens with zero attached hydrogens (tertiary/aromatic N) is 4. The molecule has 0 radical (unpaired) electrons. The van der Waals surface area contributed by atoms with Crippen molar-refractivity contribution in [2.24, 2.45) is 0 Å². The Labute approximate surface area is 176 Å². The van der Waals surface area contributed by atoms with Gasteiger partial charge in [-0.15, -0.1) is 10.2 Å². The predicted molar refractivity (Wildman–Crippen MR) is 107 cm³/mol. The van der Waals surface area contributed by atoms with E-state index in [0.29, 0.717) is 0 Å². The lowest BCUT2D eigenvalue weighted by molar-refractivity contribution is 0.0958. The lowest BCUT2D eigenvalue weighted by atomic mass is 9.65. The highest BCUT2D eigenvalue weighted by Crippen LogP contribution is 2.45. The number of anilines is 1. The highest BCUT2D eigenvalue weighted by molar-refractivity contribution is 5.95. The molecule has 1 amide bonds. The van der Waals surface area contributed by atoms with Crippen LogP contribution in [0.25, 0.3) is 11.3 Å². The van der Waals surface area contributed by atoms with Crippen molar-refractivity contribution in [3.8, 4) is 11.3 Å². The third-order valence-corrected chi connectivity index (χ3v) is 5.36. The molecule has 4 rings (SSSR count). The first-order valence-electron chi connectivity index (χ1n) is 9.62. The van der Waals surface area contributed by atoms with E-state index in [9.17, 15) is 18.0 Å². The first-order valence-corrected chi connectivity index (χ1v) is 9.62. The standard InChI is InChI=1S/C21H19F3N6O/c1-25-19(31)12-4-5-15(23)14(7-12)17-10-27-20(30-29-17)28-11-21(8-13(22)9-21)18-16(24)3-2-6-26-18/h2-7,10,13H,8-9,11H2,1H3,(H,25,31)(H,27,28,30)/t13-,21-. The van der Waals surface area contributed by atoms with Crippen molar-refractivity contribution in [2.75, 3.05) is 18.9 Å². The van der Waals surface area contributed by atoms with Crippen LogP contribution in [0.3, 0.4) is 0 Å². The SMILES string of the molecule is CNC(=O)c1ccc(F)c(-c2cnc(NC[C@]3(c4ncccc4F)C[C@H](F)C3)nn2)c1. The van der Waals surface area contributed by atoms with Crippen LogP contribution in [-0.2, 0) is 5.41 Å². The van der Waals surface area contributed by atoms with Gasteiger partial charge in [0.05, 0.1) is 11.9 Å². The van der Waals surface area contributed by atoms with Gasteiger partial charge in [-0.2, -0.15) is 0 Å². The van der Waals surface area contributed by atoms with Crippen molar-refractivity contribution < 1.29 is 18.0 Å². The smallest absolute Gasteiger partial charge is 0.251 e. The highest BCUT2D eigenvalue weighted by atomic mass is 19.1. The van der Waals surface area contributed by atoms with Gasteiger partial charge in [0, 0.05) is 36.3 Å². The fourth-order valence-corrected chi connectivity index (χ4v) is 3.72. The summed E-state index contributed by atoms with van der Waals surface area (Å²) in [6.07, 6.45) is 2.03. The van der Waals surface area contributed by atoms with Crippen molar-refractivity contribution >= 4 is 11.9 Å². The van der Waals surface area contributed by atoms with Gasteiger partial charge in [-0.05, 0) is 43.2 Å². The Morgan fingerprint density at radius 3 is 2.61 bits per heavy atom. The van der Waals surface area contributed by atoms with Gasteiger partial charge in [-0.3, -0.25) is 9.78 Å². The molecule has 0 aliphatic heterocycles. The second-order valence-electron chi connectivity index (χ2n) is 7.41. The summed E-state index contributed by atoms with van der Waals surface area (Å²) in [5.41, 5.74) is -0.103. The normalized spacial score (nSPS) is 20.1. The van der Waals surface area contributed by atoms with E-state index < -0.39 is 23.2 Å². The Hall–Kier alpha value is -3.56. The van der Waals surface area contributed by atoms with E-state index in [1.165, 1.54) is 49.8 Å². The zero-order valence-corrected chi connectivity index (χ0v) is 16.6. The number of nitrogens with one attached hydrogen (secondary N) is 2. The van der Waals surface area contributed by atoms with Crippen LogP contribution >= 0.6 is 0 Å². The van der Waals surface area contributed by atoms with E-state index in [2.05, 4.69) is 30.8 Å². The van der Waals surface area contributed by atoms with Gasteiger partial charge in [0.15, 0.2) is 0 Å². The Bertz CT molecular complexity index is 1100. The summed E-state index contributed by atoms with van der Waals surface area (Å²) in [6.45, 7) is 0.170. The second-order valence-corrected chi connectivity index (χ2v) is 7.41. The van der Waals surface area contributed by atoms with Gasteiger partial charge in [0.25, 0.3) is 5.91 Å². The fourth-order valence-electron chi connectivity index (χ4n) is 3.72. The topological polar surface area (TPSA) is 92.7 Å². The number of carbonyl (C=O) groups is 1. The van der Waals surface area contributed by atoms with Crippen LogP contribution in [0.2, 0.25) is 0 Å². The van der Waals surface area contributed by atoms with Gasteiger partial charge < -0.3 is 10.6 Å². The van der Waals surface area contributed by atoms with Gasteiger partial charge >= 0.3 is 0 Å². The van der Waals surface area contributed by atoms with Crippen LogP contribution in [0.5, 0.6) is 0 Å². The molecule has 0 spiro atoms. The Morgan fingerprint density at radius 2 is 1.97 bits per heavy atom. The molecule has 2 aromatic heterocycles. The summed E-state index contributed by atoms with van der Waals surface area (Å²) in [5.74, 6) is -1.29. The first-order chi connectivity index (χ1) is 14.9. The molecular weight excluding hydrogens is 409 g/mol. The number of hydrogen-bond donors (Lipinski definition) is 2. The van der Waals surface area contributed by atoms with E-state index in [-0.39, 0.29) is 53.8 Å². The largest absolute Gasteiger partial charge is 0.355 e. The molecule has 2 heterocycles. The molecule has 2 N–H and O–H groups in total. The maximum atomic E-state index is 14.2. The highest BCUT2D eigenvalue weighted by Gasteiger charge is 2.48. The summed E-state index contributed by atoms with van der Waals surface area (Å²) < 4.78 is 42.1. The number of aromatic nitrogens is 4. The van der Waals surface area contributed by atoms with E-state index >= 15 is 0 Å². The van der Waals surface area contributed by atoms with Crippen molar-refractivity contribution in [1.82, 2.24) is 25.5 Å². The monoisotopic (exact) mass is 428 g/mol. The number of benzene rings is 1. The second kappa shape index (κ2) is 8.29. The molecule has 1 aliphatic carbocycles. The maximum absolute atomic E-state index is 14.2. The summed E-state index contributed by atoms with van der Waals surface area (Å²) >= 11 is 0. The molecule has 7 nitrogen and oxygen atoms in total. The van der Waals surface area contributed by atoms with E-state index in [1.807, 2.05) is 0 Å². The molecule has 3 aromatic rings. The lowest BCUT2D eigenvalue weighted by Gasteiger charge is -2.43. The molecule has 0 saturated heterocycles. The average molecular weight is 428 g/mol. The van der Waals surface area contributed by atoms with Crippen molar-refractivity contribution in [2.45, 2.75) is 24.4 Å². The van der Waals surface area contributed by atoms with E-state index in [0.717, 1.165) is 0 Å². The van der Waals surface area contributed by atoms with Crippen LogP contribution in [0.4, 0.5) is 19.1 Å². The van der Waals surface area contributed by atoms with Gasteiger partial charge in [-0.1, -0.05) is 0 Å². The van der Waals surface area contributed by atoms with Crippen LogP contribution < -0.4 is 10.6 Å². The first kappa shape index (κ1) is 20.7. The van der Waals surface area contributed by atoms with Gasteiger partial charge in [0.1, 0.15) is 23.5 Å². The Morgan fingerprint density at radius 1 is 1.16 bits per heavy atom. The predicted octanol–water partition coefficient (Wildman–Crippen LogP) is 3.05. The van der Waals surface area contributed by atoms with Crippen LogP contribution in [0, 0.1) is 11.6 Å². The minimum absolute atomic E-state index is 0.0824. The maximum Gasteiger partial charge on any atom is 0.251 e. The number of halogens is 3. The third kappa shape index (κ3) is 4.05. The van der Waals surface area contributed by atoms with Crippen LogP contribution in [0.1, 0.15) is 28.9 Å². The van der Waals surface area contributed by atoms with Crippen molar-refractivity contribution in [3.05, 3.63) is 65.6 Å². The van der Waals surface area contributed by atoms with Gasteiger partial charge in [-0.25, -0.2) is 18.2 Å². The number of pyridine rings is 1. The average Bonchev–Trinajstić information content (AvgIpc) is 2.76. The fraction of sp³-hybridized carbons (Fsp3) is 0.286. The Balaban J connectivity index is 1.52. The molecular formula is C21H19F3N6O. The number of carbonyl (C=O) groups excluding carboxylic acids is 1. The summed E-state index contributed by atoms with van der Waals surface area (Å²) in [4.78, 5) is 20.0. The minimum Gasteiger partial charge on any atom is -0.355 e.